The van der Waals surface area contributed by atoms with E-state index in [4.69, 9.17) is 16.3 Å². The number of rotatable bonds is 2. The summed E-state index contributed by atoms with van der Waals surface area (Å²) in [4.78, 5) is 11.0. The van der Waals surface area contributed by atoms with Crippen molar-refractivity contribution < 1.29 is 4.74 Å². The number of morpholine rings is 1. The quantitative estimate of drug-likeness (QED) is 0.678. The van der Waals surface area contributed by atoms with Crippen molar-refractivity contribution in [2.45, 2.75) is 0 Å². The lowest BCUT2D eigenvalue weighted by Gasteiger charge is -2.29. The van der Waals surface area contributed by atoms with Crippen LogP contribution in [-0.4, -0.2) is 40.8 Å². The molecule has 0 aliphatic carbocycles. The Morgan fingerprint density at radius 1 is 1.17 bits per heavy atom. The van der Waals surface area contributed by atoms with Crippen molar-refractivity contribution >= 4 is 28.2 Å². The van der Waals surface area contributed by atoms with Gasteiger partial charge in [0.1, 0.15) is 5.69 Å². The Morgan fingerprint density at radius 2 is 1.96 bits per heavy atom. The molecule has 0 bridgehead atoms. The second kappa shape index (κ2) is 5.83. The van der Waals surface area contributed by atoms with E-state index in [1.165, 1.54) is 10.9 Å². The van der Waals surface area contributed by atoms with Crippen LogP contribution in [0.4, 0.5) is 5.69 Å². The first-order valence-corrected chi connectivity index (χ1v) is 8.01. The number of aromatic nitrogens is 3. The van der Waals surface area contributed by atoms with E-state index < -0.39 is 0 Å². The molecule has 5 nitrogen and oxygen atoms in total. The van der Waals surface area contributed by atoms with Crippen molar-refractivity contribution in [3.05, 3.63) is 41.9 Å². The first-order chi connectivity index (χ1) is 11.2. The Hall–Kier alpha value is -2.11. The lowest BCUT2D eigenvalue weighted by atomic mass is 10.1. The Balaban J connectivity index is 1.91. The van der Waals surface area contributed by atoms with Crippen LogP contribution in [0.5, 0.6) is 0 Å². The third-order valence-electron chi connectivity index (χ3n) is 4.24. The lowest BCUT2D eigenvalue weighted by Crippen LogP contribution is -2.36. The van der Waals surface area contributed by atoms with Gasteiger partial charge in [0.25, 0.3) is 0 Å². The fourth-order valence-corrected chi connectivity index (χ4v) is 3.25. The molecule has 0 spiro atoms. The molecular formula is C17H17ClN4O. The number of ether oxygens (including phenoxy) is 1. The van der Waals surface area contributed by atoms with Crippen LogP contribution in [0, 0.1) is 0 Å². The normalized spacial score (nSPS) is 15.3. The maximum absolute atomic E-state index is 6.09. The average Bonchev–Trinajstić information content (AvgIpc) is 2.93. The second-order valence-corrected chi connectivity index (χ2v) is 5.98. The first kappa shape index (κ1) is 14.5. The summed E-state index contributed by atoms with van der Waals surface area (Å²) in [6.07, 6.45) is 3.92. The standard InChI is InChI=1S/C17H17ClN4O/c1-21-11-13(12-4-2-3-5-14(12)21)16-15(10-19-17(18)20-16)22-6-8-23-9-7-22/h2-5,10-11H,6-9H2,1H3. The van der Waals surface area contributed by atoms with E-state index >= 15 is 0 Å². The predicted molar refractivity (Wildman–Crippen MR) is 92.0 cm³/mol. The zero-order chi connectivity index (χ0) is 15.8. The minimum Gasteiger partial charge on any atom is -0.378 e. The van der Waals surface area contributed by atoms with Gasteiger partial charge in [0.15, 0.2) is 0 Å². The molecule has 23 heavy (non-hydrogen) atoms. The molecule has 2 aromatic heterocycles. The molecule has 0 radical (unpaired) electrons. The third-order valence-corrected chi connectivity index (χ3v) is 4.43. The number of anilines is 1. The van der Waals surface area contributed by atoms with Gasteiger partial charge < -0.3 is 14.2 Å². The van der Waals surface area contributed by atoms with Crippen LogP contribution in [0.3, 0.4) is 0 Å². The van der Waals surface area contributed by atoms with E-state index in [1.807, 2.05) is 25.4 Å². The zero-order valence-corrected chi connectivity index (χ0v) is 13.6. The van der Waals surface area contributed by atoms with E-state index in [-0.39, 0.29) is 5.28 Å². The van der Waals surface area contributed by atoms with E-state index in [0.717, 1.165) is 43.2 Å². The summed E-state index contributed by atoms with van der Waals surface area (Å²) in [6.45, 7) is 3.11. The van der Waals surface area contributed by atoms with Crippen molar-refractivity contribution in [2.24, 2.45) is 7.05 Å². The maximum atomic E-state index is 6.09. The van der Waals surface area contributed by atoms with Gasteiger partial charge in [-0.1, -0.05) is 18.2 Å². The molecule has 6 heteroatoms. The van der Waals surface area contributed by atoms with E-state index in [2.05, 4.69) is 37.8 Å². The average molecular weight is 329 g/mol. The molecule has 4 rings (SSSR count). The van der Waals surface area contributed by atoms with Crippen molar-refractivity contribution in [3.63, 3.8) is 0 Å². The van der Waals surface area contributed by atoms with Crippen LogP contribution in [0.1, 0.15) is 0 Å². The van der Waals surface area contributed by atoms with Crippen LogP contribution >= 0.6 is 11.6 Å². The van der Waals surface area contributed by atoms with Crippen LogP contribution in [0.15, 0.2) is 36.7 Å². The number of fused-ring (bicyclic) bond motifs is 1. The van der Waals surface area contributed by atoms with Gasteiger partial charge in [0.05, 0.1) is 25.1 Å². The van der Waals surface area contributed by atoms with Gasteiger partial charge in [0.2, 0.25) is 5.28 Å². The number of aryl methyl sites for hydroxylation is 1. The Labute approximate surface area is 139 Å². The monoisotopic (exact) mass is 328 g/mol. The van der Waals surface area contributed by atoms with Gasteiger partial charge in [-0.15, -0.1) is 0 Å². The zero-order valence-electron chi connectivity index (χ0n) is 12.9. The highest BCUT2D eigenvalue weighted by Crippen LogP contribution is 2.35. The molecule has 1 aromatic carbocycles. The molecule has 1 aliphatic rings. The molecule has 1 fully saturated rings. The highest BCUT2D eigenvalue weighted by molar-refractivity contribution is 6.28. The van der Waals surface area contributed by atoms with Crippen molar-refractivity contribution in [3.8, 4) is 11.3 Å². The minimum atomic E-state index is 0.268. The topological polar surface area (TPSA) is 43.2 Å². The maximum Gasteiger partial charge on any atom is 0.223 e. The fourth-order valence-electron chi connectivity index (χ4n) is 3.12. The van der Waals surface area contributed by atoms with Crippen LogP contribution in [0.25, 0.3) is 22.2 Å². The summed E-state index contributed by atoms with van der Waals surface area (Å²) in [5.41, 5.74) is 4.14. The molecule has 0 unspecified atom stereocenters. The molecule has 0 amide bonds. The highest BCUT2D eigenvalue weighted by Gasteiger charge is 2.20. The molecule has 3 aromatic rings. The first-order valence-electron chi connectivity index (χ1n) is 7.64. The van der Waals surface area contributed by atoms with Gasteiger partial charge in [-0.2, -0.15) is 0 Å². The summed E-state index contributed by atoms with van der Waals surface area (Å²) < 4.78 is 7.57. The number of halogens is 1. The van der Waals surface area contributed by atoms with Gasteiger partial charge in [0, 0.05) is 42.8 Å². The summed E-state index contributed by atoms with van der Waals surface area (Å²) in [7, 11) is 2.04. The minimum absolute atomic E-state index is 0.268. The Bertz CT molecular complexity index is 855. The van der Waals surface area contributed by atoms with Gasteiger partial charge in [-0.3, -0.25) is 0 Å². The number of hydrogen-bond acceptors (Lipinski definition) is 4. The molecule has 1 saturated heterocycles. The number of hydrogen-bond donors (Lipinski definition) is 0. The smallest absolute Gasteiger partial charge is 0.223 e. The number of para-hydroxylation sites is 1. The van der Waals surface area contributed by atoms with E-state index in [1.54, 1.807) is 0 Å². The van der Waals surface area contributed by atoms with Crippen LogP contribution in [0.2, 0.25) is 5.28 Å². The van der Waals surface area contributed by atoms with Crippen molar-refractivity contribution in [1.29, 1.82) is 0 Å². The third kappa shape index (κ3) is 2.56. The van der Waals surface area contributed by atoms with Crippen molar-refractivity contribution in [2.75, 3.05) is 31.2 Å². The fraction of sp³-hybridized carbons (Fsp3) is 0.294. The summed E-state index contributed by atoms with van der Waals surface area (Å²) in [6, 6.07) is 8.31. The molecule has 0 atom stereocenters. The molecule has 0 saturated carbocycles. The Kier molecular flexibility index (Phi) is 3.67. The summed E-state index contributed by atoms with van der Waals surface area (Å²) >= 11 is 6.09. The lowest BCUT2D eigenvalue weighted by molar-refractivity contribution is 0.122. The number of benzene rings is 1. The molecule has 0 N–H and O–H groups in total. The number of nitrogens with zero attached hydrogens (tertiary/aromatic N) is 4. The molecule has 1 aliphatic heterocycles. The molecule has 118 valence electrons. The van der Waals surface area contributed by atoms with E-state index in [0.29, 0.717) is 0 Å². The predicted octanol–water partition coefficient (Wildman–Crippen LogP) is 3.13. The van der Waals surface area contributed by atoms with Gasteiger partial charge in [-0.05, 0) is 17.7 Å². The summed E-state index contributed by atoms with van der Waals surface area (Å²) in [5.74, 6) is 0. The van der Waals surface area contributed by atoms with Crippen molar-refractivity contribution in [1.82, 2.24) is 14.5 Å². The Morgan fingerprint density at radius 3 is 2.78 bits per heavy atom. The van der Waals surface area contributed by atoms with Crippen LogP contribution in [-0.2, 0) is 11.8 Å². The molecular weight excluding hydrogens is 312 g/mol. The molecule has 3 heterocycles. The summed E-state index contributed by atoms with van der Waals surface area (Å²) in [5, 5.41) is 1.43. The SMILES string of the molecule is Cn1cc(-c2nc(Cl)ncc2N2CCOCC2)c2ccccc21. The largest absolute Gasteiger partial charge is 0.378 e. The van der Waals surface area contributed by atoms with E-state index in [9.17, 15) is 0 Å². The highest BCUT2D eigenvalue weighted by atomic mass is 35.5. The van der Waals surface area contributed by atoms with Crippen LogP contribution < -0.4 is 4.90 Å². The van der Waals surface area contributed by atoms with Gasteiger partial charge >= 0.3 is 0 Å². The van der Waals surface area contributed by atoms with Gasteiger partial charge in [-0.25, -0.2) is 9.97 Å². The second-order valence-electron chi connectivity index (χ2n) is 5.64.